The fraction of sp³-hybridized carbons (Fsp3) is 0.407. The van der Waals surface area contributed by atoms with Gasteiger partial charge in [0.25, 0.3) is 11.5 Å². The molecule has 0 spiro atoms. The lowest BCUT2D eigenvalue weighted by Gasteiger charge is -2.30. The number of anilines is 1. The molecule has 0 saturated carbocycles. The molecule has 4 N–H and O–H groups in total. The molecule has 1 atom stereocenters. The molecule has 0 unspecified atom stereocenters. The Bertz CT molecular complexity index is 1410. The Morgan fingerprint density at radius 2 is 2.00 bits per heavy atom. The van der Waals surface area contributed by atoms with Gasteiger partial charge in [0.05, 0.1) is 24.9 Å². The Kier molecular flexibility index (Phi) is 7.28. The molecule has 38 heavy (non-hydrogen) atoms. The monoisotopic (exact) mass is 523 g/mol. The first-order chi connectivity index (χ1) is 18.3. The zero-order valence-electron chi connectivity index (χ0n) is 21.2. The number of nitrogens with one attached hydrogen (secondary N) is 4. The van der Waals surface area contributed by atoms with Crippen LogP contribution < -0.4 is 21.5 Å². The molecule has 5 rings (SSSR count). The Hall–Kier alpha value is -3.99. The van der Waals surface area contributed by atoms with Gasteiger partial charge in [0.2, 0.25) is 11.9 Å². The molecule has 1 fully saturated rings. The highest BCUT2D eigenvalue weighted by atomic mass is 19.1. The lowest BCUT2D eigenvalue weighted by molar-refractivity contribution is -0.128. The van der Waals surface area contributed by atoms with Crippen molar-refractivity contribution in [1.29, 1.82) is 0 Å². The summed E-state index contributed by atoms with van der Waals surface area (Å²) in [6.45, 7) is 4.73. The summed E-state index contributed by atoms with van der Waals surface area (Å²) in [7, 11) is 0. The van der Waals surface area contributed by atoms with Crippen LogP contribution >= 0.6 is 0 Å². The van der Waals surface area contributed by atoms with Gasteiger partial charge in [0, 0.05) is 23.2 Å². The van der Waals surface area contributed by atoms with E-state index >= 15 is 0 Å². The summed E-state index contributed by atoms with van der Waals surface area (Å²) in [5, 5.41) is 8.56. The van der Waals surface area contributed by atoms with Gasteiger partial charge in [-0.2, -0.15) is 0 Å². The first-order valence-electron chi connectivity index (χ1n) is 12.7. The maximum atomic E-state index is 14.9. The molecule has 2 amide bonds. The van der Waals surface area contributed by atoms with Gasteiger partial charge in [0.15, 0.2) is 5.76 Å². The number of ether oxygens (including phenoxy) is 1. The van der Waals surface area contributed by atoms with E-state index in [0.717, 1.165) is 30.5 Å². The van der Waals surface area contributed by atoms with Crippen molar-refractivity contribution in [3.63, 3.8) is 0 Å². The molecule has 3 aromatic rings. The predicted octanol–water partition coefficient (Wildman–Crippen LogP) is 2.54. The van der Waals surface area contributed by atoms with E-state index in [9.17, 15) is 18.8 Å². The van der Waals surface area contributed by atoms with E-state index in [1.807, 2.05) is 13.8 Å². The summed E-state index contributed by atoms with van der Waals surface area (Å²) in [6, 6.07) is 6.90. The number of aryl methyl sites for hydroxylation is 1. The normalized spacial score (nSPS) is 15.6. The fourth-order valence-corrected chi connectivity index (χ4v) is 4.52. The van der Waals surface area contributed by atoms with E-state index in [2.05, 4.69) is 25.9 Å². The van der Waals surface area contributed by atoms with E-state index in [1.54, 1.807) is 18.2 Å². The van der Waals surface area contributed by atoms with Crippen LogP contribution in [0.4, 0.5) is 10.3 Å². The average molecular weight is 524 g/mol. The van der Waals surface area contributed by atoms with E-state index in [0.29, 0.717) is 36.0 Å². The largest absolute Gasteiger partial charge is 0.451 e. The molecule has 200 valence electrons. The Morgan fingerprint density at radius 3 is 2.71 bits per heavy atom. The maximum absolute atomic E-state index is 14.9. The quantitative estimate of drug-likeness (QED) is 0.338. The van der Waals surface area contributed by atoms with Gasteiger partial charge in [-0.1, -0.05) is 26.0 Å². The third-order valence-corrected chi connectivity index (χ3v) is 6.78. The number of carbonyl (C=O) groups is 2. The standard InChI is InChI=1S/C27H30FN5O5/c1-14(2)23(26(36)30-17-12-37-13-17)32-25(35)22-9-8-21(38-22)15-6-7-16(19(28)10-15)11-29-27-31-20-5-3-4-18(20)24(34)33-27/h6-10,14,17,23H,3-5,11-13H2,1-2H3,(H,30,36)(H,32,35)(H2,29,31,33,34)/t23-/m0/s1. The molecule has 3 heterocycles. The lowest BCUT2D eigenvalue weighted by atomic mass is 10.0. The zero-order chi connectivity index (χ0) is 26.8. The number of halogens is 1. The van der Waals surface area contributed by atoms with Crippen molar-refractivity contribution in [1.82, 2.24) is 20.6 Å². The molecule has 11 heteroatoms. The number of furan rings is 1. The van der Waals surface area contributed by atoms with E-state index < -0.39 is 17.8 Å². The molecular weight excluding hydrogens is 493 g/mol. The minimum absolute atomic E-state index is 0.0169. The summed E-state index contributed by atoms with van der Waals surface area (Å²) in [6.07, 6.45) is 2.40. The summed E-state index contributed by atoms with van der Waals surface area (Å²) >= 11 is 0. The first kappa shape index (κ1) is 25.7. The van der Waals surface area contributed by atoms with Crippen LogP contribution in [0.15, 0.2) is 39.5 Å². The van der Waals surface area contributed by atoms with Crippen LogP contribution in [0.25, 0.3) is 11.3 Å². The zero-order valence-corrected chi connectivity index (χ0v) is 21.2. The van der Waals surface area contributed by atoms with Crippen LogP contribution in [0, 0.1) is 11.7 Å². The molecule has 0 bridgehead atoms. The summed E-state index contributed by atoms with van der Waals surface area (Å²) in [5.41, 5.74) is 2.20. The first-order valence-corrected chi connectivity index (χ1v) is 12.7. The molecule has 1 aliphatic heterocycles. The topological polar surface area (TPSA) is 138 Å². The van der Waals surface area contributed by atoms with Gasteiger partial charge in [-0.3, -0.25) is 19.4 Å². The van der Waals surface area contributed by atoms with Crippen molar-refractivity contribution in [2.75, 3.05) is 18.5 Å². The molecule has 1 aromatic carbocycles. The van der Waals surface area contributed by atoms with Crippen LogP contribution in [-0.2, 0) is 28.9 Å². The van der Waals surface area contributed by atoms with Crippen molar-refractivity contribution < 1.29 is 23.1 Å². The highest BCUT2D eigenvalue weighted by Crippen LogP contribution is 2.25. The molecule has 1 saturated heterocycles. The number of rotatable bonds is 9. The highest BCUT2D eigenvalue weighted by Gasteiger charge is 2.29. The van der Waals surface area contributed by atoms with Gasteiger partial charge in [-0.25, -0.2) is 9.37 Å². The van der Waals surface area contributed by atoms with Crippen LogP contribution in [0.3, 0.4) is 0 Å². The highest BCUT2D eigenvalue weighted by molar-refractivity contribution is 5.96. The van der Waals surface area contributed by atoms with Crippen LogP contribution in [0.2, 0.25) is 0 Å². The number of amides is 2. The van der Waals surface area contributed by atoms with Gasteiger partial charge in [-0.05, 0) is 43.4 Å². The van der Waals surface area contributed by atoms with Crippen LogP contribution in [0.5, 0.6) is 0 Å². The second-order valence-electron chi connectivity index (χ2n) is 9.96. The minimum Gasteiger partial charge on any atom is -0.451 e. The van der Waals surface area contributed by atoms with Crippen molar-refractivity contribution in [2.45, 2.75) is 51.7 Å². The molecular formula is C27H30FN5O5. The molecule has 10 nitrogen and oxygen atoms in total. The van der Waals surface area contributed by atoms with Gasteiger partial charge in [-0.15, -0.1) is 0 Å². The van der Waals surface area contributed by atoms with E-state index in [-0.39, 0.29) is 35.7 Å². The summed E-state index contributed by atoms with van der Waals surface area (Å²) < 4.78 is 25.7. The van der Waals surface area contributed by atoms with E-state index in [4.69, 9.17) is 9.15 Å². The minimum atomic E-state index is -0.740. The van der Waals surface area contributed by atoms with Crippen molar-refractivity contribution in [3.05, 3.63) is 69.1 Å². The number of aromatic amines is 1. The smallest absolute Gasteiger partial charge is 0.287 e. The van der Waals surface area contributed by atoms with Gasteiger partial charge in [0.1, 0.15) is 17.6 Å². The number of hydrogen-bond acceptors (Lipinski definition) is 7. The van der Waals surface area contributed by atoms with Gasteiger partial charge < -0.3 is 25.1 Å². The van der Waals surface area contributed by atoms with Crippen molar-refractivity contribution in [2.24, 2.45) is 5.92 Å². The number of carbonyl (C=O) groups excluding carboxylic acids is 2. The van der Waals surface area contributed by atoms with Crippen molar-refractivity contribution in [3.8, 4) is 11.3 Å². The third kappa shape index (κ3) is 5.47. The number of aromatic nitrogens is 2. The van der Waals surface area contributed by atoms with Crippen LogP contribution in [0.1, 0.15) is 47.6 Å². The number of H-pyrrole nitrogens is 1. The average Bonchev–Trinajstić information content (AvgIpc) is 3.54. The third-order valence-electron chi connectivity index (χ3n) is 6.78. The second-order valence-corrected chi connectivity index (χ2v) is 9.96. The number of hydrogen-bond donors (Lipinski definition) is 4. The van der Waals surface area contributed by atoms with Crippen molar-refractivity contribution >= 4 is 17.8 Å². The molecule has 0 radical (unpaired) electrons. The lowest BCUT2D eigenvalue weighted by Crippen LogP contribution is -2.56. The Morgan fingerprint density at radius 1 is 1.18 bits per heavy atom. The number of fused-ring (bicyclic) bond motifs is 1. The molecule has 1 aliphatic carbocycles. The SMILES string of the molecule is CC(C)[C@H](NC(=O)c1ccc(-c2ccc(CNc3nc4c(c(=O)[nH]3)CCC4)c(F)c2)o1)C(=O)NC1COC1. The fourth-order valence-electron chi connectivity index (χ4n) is 4.52. The summed E-state index contributed by atoms with van der Waals surface area (Å²) in [5.74, 6) is -0.786. The number of benzene rings is 1. The molecule has 2 aliphatic rings. The van der Waals surface area contributed by atoms with E-state index in [1.165, 1.54) is 12.1 Å². The Balaban J connectivity index is 1.22. The predicted molar refractivity (Wildman–Crippen MR) is 137 cm³/mol. The van der Waals surface area contributed by atoms with Gasteiger partial charge >= 0.3 is 0 Å². The van der Waals surface area contributed by atoms with Crippen LogP contribution in [-0.4, -0.2) is 47.1 Å². The molecule has 2 aromatic heterocycles. The number of nitrogens with zero attached hydrogens (tertiary/aromatic N) is 1. The Labute approximate surface area is 218 Å². The second kappa shape index (κ2) is 10.8. The summed E-state index contributed by atoms with van der Waals surface area (Å²) in [4.78, 5) is 44.7. The maximum Gasteiger partial charge on any atom is 0.287 e.